The third kappa shape index (κ3) is 64.9. The van der Waals surface area contributed by atoms with Crippen LogP contribution in [0.3, 0.4) is 0 Å². The molecule has 1 N–H and O–H groups in total. The third-order valence-corrected chi connectivity index (χ3v) is 16.1. The van der Waals surface area contributed by atoms with Crippen molar-refractivity contribution >= 4 is 19.7 Å². The van der Waals surface area contributed by atoms with Crippen LogP contribution >= 0.6 is 7.82 Å². The predicted molar refractivity (Wildman–Crippen MR) is 371 cm³/mol. The number of quaternary nitrogens is 1. The van der Waals surface area contributed by atoms with E-state index in [-0.39, 0.29) is 24.9 Å². The molecule has 0 aliphatic heterocycles. The first-order valence-corrected chi connectivity index (χ1v) is 36.8. The van der Waals surface area contributed by atoms with Gasteiger partial charge < -0.3 is 28.5 Å². The van der Waals surface area contributed by atoms with Crippen molar-refractivity contribution in [3.8, 4) is 0 Å². The number of amides is 1. The van der Waals surface area contributed by atoms with E-state index in [1.54, 1.807) is 0 Å². The van der Waals surface area contributed by atoms with Gasteiger partial charge in [0.25, 0.3) is 7.82 Å². The van der Waals surface area contributed by atoms with Crippen molar-refractivity contribution in [2.24, 2.45) is 0 Å². The number of hydrogen-bond acceptors (Lipinski definition) is 7. The van der Waals surface area contributed by atoms with Gasteiger partial charge in [0.05, 0.1) is 33.8 Å². The van der Waals surface area contributed by atoms with Gasteiger partial charge >= 0.3 is 5.97 Å². The number of carbonyl (C=O) groups excluding carboxylic acids is 2. The topological polar surface area (TPSA) is 114 Å². The van der Waals surface area contributed by atoms with E-state index in [9.17, 15) is 19.0 Å². The molecule has 0 fully saturated rings. The molecule has 0 aromatic heterocycles. The van der Waals surface area contributed by atoms with Crippen molar-refractivity contribution in [2.45, 2.75) is 309 Å². The van der Waals surface area contributed by atoms with Crippen LogP contribution in [0.1, 0.15) is 297 Å². The Morgan fingerprint density at radius 3 is 1.14 bits per heavy atom. The summed E-state index contributed by atoms with van der Waals surface area (Å²) in [6, 6.07) is -0.906. The maximum absolute atomic E-state index is 13.6. The molecule has 0 aliphatic carbocycles. The van der Waals surface area contributed by atoms with Gasteiger partial charge in [0, 0.05) is 12.8 Å². The summed E-state index contributed by atoms with van der Waals surface area (Å²) in [6.07, 6.45) is 90.3. The first kappa shape index (κ1) is 82.4. The van der Waals surface area contributed by atoms with Gasteiger partial charge in [0.2, 0.25) is 5.91 Å². The highest BCUT2D eigenvalue weighted by Crippen LogP contribution is 2.38. The Morgan fingerprint density at radius 2 is 0.744 bits per heavy atom. The van der Waals surface area contributed by atoms with Crippen LogP contribution in [0, 0.1) is 0 Å². The zero-order chi connectivity index (χ0) is 62.8. The fourth-order valence-electron chi connectivity index (χ4n) is 9.71. The summed E-state index contributed by atoms with van der Waals surface area (Å²) in [6.45, 7) is 6.70. The standard InChI is InChI=1S/C76H133N2O7P/c1-7-10-13-16-19-22-25-28-30-32-34-36-38-39-41-42-44-46-48-50-53-56-59-62-65-68-75(79)77-73(72-84-86(81,82)83-71-70-78(4,5)6)74(67-64-61-58-55-52-27-24-21-18-15-12-9-3)85-76(80)69-66-63-60-57-54-51-49-47-45-43-40-37-35-33-31-29-26-23-20-17-14-11-8-2/h11,14,19-20,22-23,28-31,34-37,39,41,43,45,64,67,73-74H,7-10,12-13,15-18,21,24-27,32-33,38,40,42,44,46-63,65-66,68-72H2,1-6H3,(H-,77,79,81,82)/b14-11-,22-19-,23-20-,30-28-,31-29-,36-34-,37-35-,41-39-,45-43-,67-64+. The maximum Gasteiger partial charge on any atom is 0.306 e. The average molecular weight is 1220 g/mol. The van der Waals surface area contributed by atoms with Crippen molar-refractivity contribution in [1.29, 1.82) is 0 Å². The molecule has 0 saturated carbocycles. The zero-order valence-electron chi connectivity index (χ0n) is 56.5. The first-order valence-electron chi connectivity index (χ1n) is 35.3. The van der Waals surface area contributed by atoms with E-state index in [0.717, 1.165) is 128 Å². The number of rotatable bonds is 63. The SMILES string of the molecule is CC/C=C\C/C=C\C/C=C\C/C=C\C/C=C\CCCCCCCCCC(=O)OC(/C=C/CCCCCCCCCCCC)C(COP(=O)([O-])OCC[N+](C)(C)C)NC(=O)CCCCCCCCCCC/C=C\C/C=C\C/C=C\C/C=C\CCCCC. The second-order valence-electron chi connectivity index (χ2n) is 24.6. The van der Waals surface area contributed by atoms with E-state index in [0.29, 0.717) is 23.9 Å². The Morgan fingerprint density at radius 1 is 0.419 bits per heavy atom. The van der Waals surface area contributed by atoms with Gasteiger partial charge in [0.15, 0.2) is 0 Å². The Hall–Kier alpha value is -3.59. The molecule has 0 radical (unpaired) electrons. The van der Waals surface area contributed by atoms with Crippen LogP contribution in [0.25, 0.3) is 0 Å². The van der Waals surface area contributed by atoms with Crippen LogP contribution in [0.15, 0.2) is 122 Å². The highest BCUT2D eigenvalue weighted by Gasteiger charge is 2.27. The maximum atomic E-state index is 13.6. The molecule has 9 nitrogen and oxygen atoms in total. The molecule has 0 aromatic carbocycles. The molecule has 0 aliphatic rings. The highest BCUT2D eigenvalue weighted by atomic mass is 31.2. The van der Waals surface area contributed by atoms with E-state index >= 15 is 0 Å². The Kier molecular flexibility index (Phi) is 61.7. The molecule has 10 heteroatoms. The van der Waals surface area contributed by atoms with Gasteiger partial charge in [-0.25, -0.2) is 0 Å². The number of allylic oxidation sites excluding steroid dienone is 19. The molecule has 0 spiro atoms. The number of phosphoric acid groups is 1. The molecule has 0 heterocycles. The number of carbonyl (C=O) groups is 2. The van der Waals surface area contributed by atoms with Gasteiger partial charge in [-0.3, -0.25) is 14.2 Å². The Labute approximate surface area is 531 Å². The minimum absolute atomic E-state index is 0.0314. The number of esters is 1. The minimum atomic E-state index is -4.72. The lowest BCUT2D eigenvalue weighted by Gasteiger charge is -2.30. The third-order valence-electron chi connectivity index (χ3n) is 15.1. The average Bonchev–Trinajstić information content (AvgIpc) is 3.69. The van der Waals surface area contributed by atoms with Crippen LogP contribution < -0.4 is 10.2 Å². The molecule has 86 heavy (non-hydrogen) atoms. The van der Waals surface area contributed by atoms with Crippen molar-refractivity contribution < 1.29 is 37.3 Å². The Bertz CT molecular complexity index is 1890. The van der Waals surface area contributed by atoms with E-state index in [1.165, 1.54) is 128 Å². The van der Waals surface area contributed by atoms with E-state index in [2.05, 4.69) is 135 Å². The second-order valence-corrected chi connectivity index (χ2v) is 26.1. The van der Waals surface area contributed by atoms with Gasteiger partial charge in [-0.2, -0.15) is 0 Å². The monoisotopic (exact) mass is 1220 g/mol. The number of unbranched alkanes of at least 4 members (excludes halogenated alkanes) is 29. The number of hydrogen-bond donors (Lipinski definition) is 1. The lowest BCUT2D eigenvalue weighted by atomic mass is 10.0. The highest BCUT2D eigenvalue weighted by molar-refractivity contribution is 7.45. The molecule has 0 aromatic rings. The van der Waals surface area contributed by atoms with Crippen molar-refractivity contribution in [2.75, 3.05) is 40.9 Å². The summed E-state index contributed by atoms with van der Waals surface area (Å²) >= 11 is 0. The molecule has 3 unspecified atom stereocenters. The summed E-state index contributed by atoms with van der Waals surface area (Å²) < 4.78 is 30.4. The van der Waals surface area contributed by atoms with Gasteiger partial charge in [-0.1, -0.05) is 284 Å². The molecular formula is C76H133N2O7P. The van der Waals surface area contributed by atoms with Crippen molar-refractivity contribution in [3.05, 3.63) is 122 Å². The van der Waals surface area contributed by atoms with Crippen LogP contribution in [0.5, 0.6) is 0 Å². The van der Waals surface area contributed by atoms with Crippen molar-refractivity contribution in [3.63, 3.8) is 0 Å². The van der Waals surface area contributed by atoms with Gasteiger partial charge in [-0.15, -0.1) is 0 Å². The predicted octanol–water partition coefficient (Wildman–Crippen LogP) is 22.0. The van der Waals surface area contributed by atoms with Crippen LogP contribution in [-0.2, 0) is 27.9 Å². The summed E-state index contributed by atoms with van der Waals surface area (Å²) in [5, 5.41) is 3.04. The van der Waals surface area contributed by atoms with E-state index in [4.69, 9.17) is 13.8 Å². The van der Waals surface area contributed by atoms with E-state index < -0.39 is 26.6 Å². The van der Waals surface area contributed by atoms with Crippen LogP contribution in [0.2, 0.25) is 0 Å². The lowest BCUT2D eigenvalue weighted by molar-refractivity contribution is -0.870. The quantitative estimate of drug-likeness (QED) is 0.0212. The molecule has 0 saturated heterocycles. The molecule has 3 atom stereocenters. The van der Waals surface area contributed by atoms with E-state index in [1.807, 2.05) is 33.3 Å². The summed E-state index contributed by atoms with van der Waals surface area (Å²) in [5.74, 6) is -0.563. The Balaban J connectivity index is 5.14. The summed E-state index contributed by atoms with van der Waals surface area (Å²) in [5.41, 5.74) is 0. The number of nitrogens with zero attached hydrogens (tertiary/aromatic N) is 1. The molecule has 0 rings (SSSR count). The normalized spacial score (nSPS) is 14.3. The van der Waals surface area contributed by atoms with Gasteiger partial charge in [0.1, 0.15) is 19.3 Å². The largest absolute Gasteiger partial charge is 0.756 e. The molecular weight excluding hydrogens is 1080 g/mol. The fourth-order valence-corrected chi connectivity index (χ4v) is 10.4. The van der Waals surface area contributed by atoms with Crippen LogP contribution in [0.4, 0.5) is 0 Å². The number of nitrogens with one attached hydrogen (secondary N) is 1. The van der Waals surface area contributed by atoms with Crippen LogP contribution in [-0.4, -0.2) is 69.4 Å². The number of phosphoric ester groups is 1. The molecule has 0 bridgehead atoms. The fraction of sp³-hybridized carbons (Fsp3) is 0.711. The minimum Gasteiger partial charge on any atom is -0.756 e. The van der Waals surface area contributed by atoms with Crippen molar-refractivity contribution in [1.82, 2.24) is 5.32 Å². The molecule has 494 valence electrons. The lowest BCUT2D eigenvalue weighted by Crippen LogP contribution is -2.47. The first-order chi connectivity index (χ1) is 41.9. The number of ether oxygens (including phenoxy) is 1. The number of likely N-dealkylation sites (N-methyl/N-ethyl adjacent to an activating group) is 1. The zero-order valence-corrected chi connectivity index (χ0v) is 57.4. The van der Waals surface area contributed by atoms with Gasteiger partial charge in [-0.05, 0) is 122 Å². The summed E-state index contributed by atoms with van der Waals surface area (Å²) in [7, 11) is 1.16. The smallest absolute Gasteiger partial charge is 0.306 e. The second kappa shape index (κ2) is 64.4. The summed E-state index contributed by atoms with van der Waals surface area (Å²) in [4.78, 5) is 40.2. The molecule has 1 amide bonds.